The Morgan fingerprint density at radius 3 is 3.26 bits per heavy atom. The molecule has 1 amide bonds. The highest BCUT2D eigenvalue weighted by molar-refractivity contribution is 7.07. The normalized spacial score (nSPS) is 18.0. The second kappa shape index (κ2) is 4.98. The van der Waals surface area contributed by atoms with Crippen LogP contribution in [0.1, 0.15) is 17.1 Å². The number of hydrogen-bond acceptors (Lipinski definition) is 5. The fourth-order valence-corrected chi connectivity index (χ4v) is 2.64. The molecule has 1 aliphatic heterocycles. The highest BCUT2D eigenvalue weighted by atomic mass is 32.1. The topological polar surface area (TPSA) is 103 Å². The number of aromatic amines is 2. The molecule has 0 aliphatic carbocycles. The first-order valence-electron chi connectivity index (χ1n) is 5.91. The van der Waals surface area contributed by atoms with E-state index in [4.69, 9.17) is 0 Å². The van der Waals surface area contributed by atoms with Crippen molar-refractivity contribution in [1.29, 1.82) is 0 Å². The van der Waals surface area contributed by atoms with Crippen molar-refractivity contribution in [3.05, 3.63) is 38.5 Å². The van der Waals surface area contributed by atoms with Gasteiger partial charge in [-0.3, -0.25) is 14.9 Å². The predicted octanol–water partition coefficient (Wildman–Crippen LogP) is -0.510. The van der Waals surface area contributed by atoms with Crippen LogP contribution in [0.2, 0.25) is 0 Å². The van der Waals surface area contributed by atoms with E-state index in [1.54, 1.807) is 11.7 Å². The molecule has 2 aromatic rings. The molecule has 0 spiro atoms. The van der Waals surface area contributed by atoms with E-state index in [1.807, 2.05) is 0 Å². The first kappa shape index (κ1) is 12.1. The van der Waals surface area contributed by atoms with Crippen molar-refractivity contribution >= 4 is 17.2 Å². The second-order valence-corrected chi connectivity index (χ2v) is 5.20. The summed E-state index contributed by atoms with van der Waals surface area (Å²) in [6.45, 7) is 0.950. The Labute approximate surface area is 112 Å². The third-order valence-electron chi connectivity index (χ3n) is 3.07. The van der Waals surface area contributed by atoms with E-state index in [2.05, 4.69) is 25.6 Å². The van der Waals surface area contributed by atoms with Crippen LogP contribution < -0.4 is 15.5 Å². The molecule has 0 bridgehead atoms. The SMILES string of the molecule is O=C(NCc1csc(=O)[nH]1)C1Cc2nc[nH]c2CN1. The zero-order valence-corrected chi connectivity index (χ0v) is 10.8. The van der Waals surface area contributed by atoms with E-state index in [9.17, 15) is 9.59 Å². The Morgan fingerprint density at radius 2 is 2.47 bits per heavy atom. The van der Waals surface area contributed by atoms with Crippen molar-refractivity contribution in [1.82, 2.24) is 25.6 Å². The van der Waals surface area contributed by atoms with Crippen LogP contribution in [0.3, 0.4) is 0 Å². The molecule has 1 atom stereocenters. The maximum Gasteiger partial charge on any atom is 0.304 e. The molecule has 1 aliphatic rings. The van der Waals surface area contributed by atoms with E-state index in [0.717, 1.165) is 28.4 Å². The van der Waals surface area contributed by atoms with E-state index >= 15 is 0 Å². The van der Waals surface area contributed by atoms with Gasteiger partial charge in [-0.2, -0.15) is 0 Å². The fourth-order valence-electron chi connectivity index (χ4n) is 2.06. The van der Waals surface area contributed by atoms with Crippen LogP contribution in [0.5, 0.6) is 0 Å². The minimum Gasteiger partial charge on any atom is -0.349 e. The monoisotopic (exact) mass is 279 g/mol. The summed E-state index contributed by atoms with van der Waals surface area (Å²) in [5.74, 6) is -0.0827. The average Bonchev–Trinajstić information content (AvgIpc) is 3.03. The number of amides is 1. The Morgan fingerprint density at radius 1 is 1.58 bits per heavy atom. The van der Waals surface area contributed by atoms with Gasteiger partial charge in [-0.1, -0.05) is 11.3 Å². The summed E-state index contributed by atoms with van der Waals surface area (Å²) in [6.07, 6.45) is 2.22. The molecule has 1 unspecified atom stereocenters. The van der Waals surface area contributed by atoms with Crippen LogP contribution in [-0.4, -0.2) is 26.9 Å². The number of thiazole rings is 1. The quantitative estimate of drug-likeness (QED) is 0.607. The lowest BCUT2D eigenvalue weighted by atomic mass is 10.0. The number of carbonyl (C=O) groups excluding carboxylic acids is 1. The van der Waals surface area contributed by atoms with Gasteiger partial charge in [-0.15, -0.1) is 0 Å². The van der Waals surface area contributed by atoms with Crippen LogP contribution in [-0.2, 0) is 24.3 Å². The van der Waals surface area contributed by atoms with Gasteiger partial charge in [0.25, 0.3) is 0 Å². The van der Waals surface area contributed by atoms with Crippen molar-refractivity contribution < 1.29 is 4.79 Å². The molecule has 0 fully saturated rings. The van der Waals surface area contributed by atoms with Gasteiger partial charge >= 0.3 is 4.87 Å². The number of aromatic nitrogens is 3. The maximum absolute atomic E-state index is 12.0. The van der Waals surface area contributed by atoms with Crippen molar-refractivity contribution in [2.45, 2.75) is 25.6 Å². The molecule has 8 heteroatoms. The van der Waals surface area contributed by atoms with Gasteiger partial charge in [0.1, 0.15) is 0 Å². The molecule has 0 aromatic carbocycles. The van der Waals surface area contributed by atoms with Crippen LogP contribution in [0, 0.1) is 0 Å². The summed E-state index contributed by atoms with van der Waals surface area (Å²) >= 11 is 1.09. The molecular weight excluding hydrogens is 266 g/mol. The van der Waals surface area contributed by atoms with Crippen molar-refractivity contribution in [3.8, 4) is 0 Å². The minimum absolute atomic E-state index is 0.0827. The fraction of sp³-hybridized carbons (Fsp3) is 0.364. The Balaban J connectivity index is 1.58. The lowest BCUT2D eigenvalue weighted by molar-refractivity contribution is -0.123. The third-order valence-corrected chi connectivity index (χ3v) is 3.79. The number of nitrogens with one attached hydrogen (secondary N) is 4. The first-order valence-corrected chi connectivity index (χ1v) is 6.79. The standard InChI is InChI=1S/C11H13N5O2S/c17-10(13-2-6-4-19-11(18)16-6)8-1-7-9(3-12-8)15-5-14-7/h4-5,8,12H,1-3H2,(H,13,17)(H,14,15)(H,16,18). The summed E-state index contributed by atoms with van der Waals surface area (Å²) in [4.78, 5) is 32.8. The smallest absolute Gasteiger partial charge is 0.304 e. The summed E-state index contributed by atoms with van der Waals surface area (Å²) in [5.41, 5.74) is 2.69. The Kier molecular flexibility index (Phi) is 3.18. The van der Waals surface area contributed by atoms with Crippen molar-refractivity contribution in [2.24, 2.45) is 0 Å². The summed E-state index contributed by atoms with van der Waals surface area (Å²) < 4.78 is 0. The number of H-pyrrole nitrogens is 2. The minimum atomic E-state index is -0.277. The molecule has 2 aromatic heterocycles. The van der Waals surface area contributed by atoms with E-state index < -0.39 is 0 Å². The molecule has 4 N–H and O–H groups in total. The van der Waals surface area contributed by atoms with E-state index in [0.29, 0.717) is 19.5 Å². The van der Waals surface area contributed by atoms with Gasteiger partial charge in [0.05, 0.1) is 30.3 Å². The lowest BCUT2D eigenvalue weighted by Gasteiger charge is -2.22. The van der Waals surface area contributed by atoms with Gasteiger partial charge in [-0.05, 0) is 0 Å². The summed E-state index contributed by atoms with van der Waals surface area (Å²) in [7, 11) is 0. The van der Waals surface area contributed by atoms with Crippen molar-refractivity contribution in [2.75, 3.05) is 0 Å². The number of fused-ring (bicyclic) bond motifs is 1. The summed E-state index contributed by atoms with van der Waals surface area (Å²) in [6, 6.07) is -0.277. The van der Waals surface area contributed by atoms with Gasteiger partial charge in [-0.25, -0.2) is 4.98 Å². The molecule has 3 rings (SSSR count). The molecule has 0 radical (unpaired) electrons. The molecule has 0 saturated heterocycles. The largest absolute Gasteiger partial charge is 0.349 e. The average molecular weight is 279 g/mol. The molecule has 100 valence electrons. The van der Waals surface area contributed by atoms with E-state index in [1.165, 1.54) is 0 Å². The summed E-state index contributed by atoms with van der Waals surface area (Å²) in [5, 5.41) is 7.66. The third kappa shape index (κ3) is 2.59. The number of rotatable bonds is 3. The number of nitrogens with zero attached hydrogens (tertiary/aromatic N) is 1. The number of carbonyl (C=O) groups is 1. The van der Waals surface area contributed by atoms with Crippen LogP contribution >= 0.6 is 11.3 Å². The first-order chi connectivity index (χ1) is 9.22. The highest BCUT2D eigenvalue weighted by Gasteiger charge is 2.25. The van der Waals surface area contributed by atoms with Gasteiger partial charge < -0.3 is 15.3 Å². The zero-order valence-electron chi connectivity index (χ0n) is 10.0. The Hall–Kier alpha value is -1.93. The number of imidazole rings is 1. The van der Waals surface area contributed by atoms with Crippen LogP contribution in [0.25, 0.3) is 0 Å². The molecular formula is C11H13N5O2S. The van der Waals surface area contributed by atoms with Crippen LogP contribution in [0.4, 0.5) is 0 Å². The van der Waals surface area contributed by atoms with Crippen LogP contribution in [0.15, 0.2) is 16.5 Å². The molecule has 3 heterocycles. The predicted molar refractivity (Wildman–Crippen MR) is 69.7 cm³/mol. The lowest BCUT2D eigenvalue weighted by Crippen LogP contribution is -2.47. The highest BCUT2D eigenvalue weighted by Crippen LogP contribution is 2.12. The number of hydrogen-bond donors (Lipinski definition) is 4. The zero-order chi connectivity index (χ0) is 13.2. The van der Waals surface area contributed by atoms with Gasteiger partial charge in [0, 0.05) is 24.0 Å². The Bertz CT molecular complexity index is 643. The van der Waals surface area contributed by atoms with Gasteiger partial charge in [0.2, 0.25) is 5.91 Å². The maximum atomic E-state index is 12.0. The second-order valence-electron chi connectivity index (χ2n) is 4.36. The molecule has 19 heavy (non-hydrogen) atoms. The molecule has 0 saturated carbocycles. The van der Waals surface area contributed by atoms with Crippen molar-refractivity contribution in [3.63, 3.8) is 0 Å². The molecule has 7 nitrogen and oxygen atoms in total. The van der Waals surface area contributed by atoms with Gasteiger partial charge in [0.15, 0.2) is 0 Å². The van der Waals surface area contributed by atoms with E-state index in [-0.39, 0.29) is 16.8 Å².